The molecule has 0 saturated heterocycles. The fraction of sp³-hybridized carbons (Fsp3) is 0.333. The molecule has 3 nitrogen and oxygen atoms in total. The van der Waals surface area contributed by atoms with Crippen LogP contribution in [0, 0.1) is 5.92 Å². The van der Waals surface area contributed by atoms with Crippen molar-refractivity contribution in [3.05, 3.63) is 41.5 Å². The second kappa shape index (κ2) is 5.17. The molecule has 0 spiro atoms. The Hall–Kier alpha value is -1.90. The lowest BCUT2D eigenvalue weighted by Gasteiger charge is -2.14. The van der Waals surface area contributed by atoms with Gasteiger partial charge < -0.3 is 5.32 Å². The Bertz CT molecular complexity index is 517. The number of amides is 1. The zero-order valence-electron chi connectivity index (χ0n) is 10.7. The Kier molecular flexibility index (Phi) is 3.60. The van der Waals surface area contributed by atoms with E-state index in [4.69, 9.17) is 0 Å². The normalized spacial score (nSPS) is 15.0. The number of hydrogen-bond acceptors (Lipinski definition) is 2. The fourth-order valence-corrected chi connectivity index (χ4v) is 2.15. The lowest BCUT2D eigenvalue weighted by atomic mass is 9.94. The molecule has 18 heavy (non-hydrogen) atoms. The predicted octanol–water partition coefficient (Wildman–Crippen LogP) is 2.43. The van der Waals surface area contributed by atoms with Gasteiger partial charge in [0, 0.05) is 12.1 Å². The molecule has 1 aliphatic carbocycles. The SMILES string of the molecule is CCCNC(=O)C(C)C1=CC(=O)c2ccccc21. The third-order valence-electron chi connectivity index (χ3n) is 3.20. The molecule has 0 bridgehead atoms. The Labute approximate surface area is 107 Å². The minimum atomic E-state index is -0.288. The first-order valence-corrected chi connectivity index (χ1v) is 6.28. The van der Waals surface area contributed by atoms with E-state index in [2.05, 4.69) is 5.32 Å². The summed E-state index contributed by atoms with van der Waals surface area (Å²) in [6.07, 6.45) is 2.49. The van der Waals surface area contributed by atoms with E-state index < -0.39 is 0 Å². The number of benzene rings is 1. The second-order valence-corrected chi connectivity index (χ2v) is 4.52. The largest absolute Gasteiger partial charge is 0.356 e. The second-order valence-electron chi connectivity index (χ2n) is 4.52. The van der Waals surface area contributed by atoms with Crippen molar-refractivity contribution in [3.8, 4) is 0 Å². The van der Waals surface area contributed by atoms with Gasteiger partial charge in [-0.3, -0.25) is 9.59 Å². The average molecular weight is 243 g/mol. The molecule has 0 aromatic heterocycles. The summed E-state index contributed by atoms with van der Waals surface area (Å²) in [5, 5.41) is 2.86. The highest BCUT2D eigenvalue weighted by atomic mass is 16.2. The van der Waals surface area contributed by atoms with Gasteiger partial charge in [0.25, 0.3) is 0 Å². The van der Waals surface area contributed by atoms with Crippen LogP contribution in [0.25, 0.3) is 5.57 Å². The Balaban J connectivity index is 2.23. The molecule has 0 saturated carbocycles. The van der Waals surface area contributed by atoms with Crippen LogP contribution < -0.4 is 5.32 Å². The highest BCUT2D eigenvalue weighted by Crippen LogP contribution is 2.32. The fourth-order valence-electron chi connectivity index (χ4n) is 2.15. The van der Waals surface area contributed by atoms with Gasteiger partial charge in [-0.2, -0.15) is 0 Å². The highest BCUT2D eigenvalue weighted by Gasteiger charge is 2.27. The van der Waals surface area contributed by atoms with Crippen LogP contribution in [0.3, 0.4) is 0 Å². The number of carbonyl (C=O) groups is 2. The van der Waals surface area contributed by atoms with Gasteiger partial charge in [-0.1, -0.05) is 31.2 Å². The standard InChI is InChI=1S/C15H17NO2/c1-3-8-16-15(18)10(2)13-9-14(17)12-7-5-4-6-11(12)13/h4-7,9-10H,3,8H2,1-2H3,(H,16,18). The Morgan fingerprint density at radius 1 is 1.28 bits per heavy atom. The number of carbonyl (C=O) groups excluding carboxylic acids is 2. The van der Waals surface area contributed by atoms with Crippen molar-refractivity contribution < 1.29 is 9.59 Å². The minimum absolute atomic E-state index is 0.00394. The summed E-state index contributed by atoms with van der Waals surface area (Å²) in [6, 6.07) is 7.44. The van der Waals surface area contributed by atoms with Gasteiger partial charge in [0.1, 0.15) is 0 Å². The smallest absolute Gasteiger partial charge is 0.227 e. The third-order valence-corrected chi connectivity index (χ3v) is 3.20. The lowest BCUT2D eigenvalue weighted by Crippen LogP contribution is -2.30. The van der Waals surface area contributed by atoms with Gasteiger partial charge in [-0.05, 0) is 30.6 Å². The van der Waals surface area contributed by atoms with E-state index in [9.17, 15) is 9.59 Å². The van der Waals surface area contributed by atoms with Crippen LogP contribution in [-0.4, -0.2) is 18.2 Å². The number of ketones is 1. The summed E-state index contributed by atoms with van der Waals surface area (Å²) >= 11 is 0. The molecule has 0 fully saturated rings. The van der Waals surface area contributed by atoms with Crippen LogP contribution in [0.15, 0.2) is 30.3 Å². The van der Waals surface area contributed by atoms with Crippen molar-refractivity contribution in [1.82, 2.24) is 5.32 Å². The molecule has 1 aromatic rings. The molecule has 0 aliphatic heterocycles. The van der Waals surface area contributed by atoms with Crippen LogP contribution in [-0.2, 0) is 4.79 Å². The number of allylic oxidation sites excluding steroid dienone is 1. The third kappa shape index (κ3) is 2.21. The first-order chi connectivity index (χ1) is 8.65. The molecule has 1 aromatic carbocycles. The highest BCUT2D eigenvalue weighted by molar-refractivity contribution is 6.18. The maximum atomic E-state index is 11.9. The van der Waals surface area contributed by atoms with Gasteiger partial charge in [0.2, 0.25) is 5.91 Å². The topological polar surface area (TPSA) is 46.2 Å². The van der Waals surface area contributed by atoms with E-state index in [0.717, 1.165) is 17.6 Å². The van der Waals surface area contributed by atoms with Crippen molar-refractivity contribution in [2.24, 2.45) is 5.92 Å². The van der Waals surface area contributed by atoms with Crippen LogP contribution in [0.2, 0.25) is 0 Å². The molecular weight excluding hydrogens is 226 g/mol. The Morgan fingerprint density at radius 3 is 2.61 bits per heavy atom. The molecule has 1 atom stereocenters. The van der Waals surface area contributed by atoms with Gasteiger partial charge in [0.05, 0.1) is 5.92 Å². The first kappa shape index (κ1) is 12.6. The molecule has 0 radical (unpaired) electrons. The van der Waals surface area contributed by atoms with E-state index in [1.165, 1.54) is 0 Å². The van der Waals surface area contributed by atoms with E-state index in [1.54, 1.807) is 12.1 Å². The van der Waals surface area contributed by atoms with Crippen LogP contribution in [0.1, 0.15) is 36.2 Å². The van der Waals surface area contributed by atoms with Crippen molar-refractivity contribution >= 4 is 17.3 Å². The maximum Gasteiger partial charge on any atom is 0.227 e. The van der Waals surface area contributed by atoms with Gasteiger partial charge in [-0.15, -0.1) is 0 Å². The molecule has 1 amide bonds. The van der Waals surface area contributed by atoms with Crippen molar-refractivity contribution in [2.45, 2.75) is 20.3 Å². The van der Waals surface area contributed by atoms with Crippen LogP contribution in [0.4, 0.5) is 0 Å². The van der Waals surface area contributed by atoms with Crippen molar-refractivity contribution in [2.75, 3.05) is 6.54 Å². The number of fused-ring (bicyclic) bond motifs is 1. The van der Waals surface area contributed by atoms with Gasteiger partial charge in [0.15, 0.2) is 5.78 Å². The summed E-state index contributed by atoms with van der Waals surface area (Å²) in [5.41, 5.74) is 2.41. The van der Waals surface area contributed by atoms with Crippen LogP contribution in [0.5, 0.6) is 0 Å². The minimum Gasteiger partial charge on any atom is -0.356 e. The summed E-state index contributed by atoms with van der Waals surface area (Å²) in [6.45, 7) is 4.52. The van der Waals surface area contributed by atoms with E-state index in [-0.39, 0.29) is 17.6 Å². The summed E-state index contributed by atoms with van der Waals surface area (Å²) in [7, 11) is 0. The monoisotopic (exact) mass is 243 g/mol. The predicted molar refractivity (Wildman–Crippen MR) is 71.2 cm³/mol. The number of nitrogens with one attached hydrogen (secondary N) is 1. The molecule has 94 valence electrons. The maximum absolute atomic E-state index is 11.9. The van der Waals surface area contributed by atoms with E-state index >= 15 is 0 Å². The molecule has 2 rings (SSSR count). The zero-order valence-corrected chi connectivity index (χ0v) is 10.7. The average Bonchev–Trinajstić information content (AvgIpc) is 2.73. The summed E-state index contributed by atoms with van der Waals surface area (Å²) in [5.74, 6) is -0.313. The first-order valence-electron chi connectivity index (χ1n) is 6.28. The molecular formula is C15H17NO2. The molecule has 1 aliphatic rings. The molecule has 1 N–H and O–H groups in total. The zero-order chi connectivity index (χ0) is 13.1. The Morgan fingerprint density at radius 2 is 1.94 bits per heavy atom. The molecule has 3 heteroatoms. The van der Waals surface area contributed by atoms with Crippen LogP contribution >= 0.6 is 0 Å². The van der Waals surface area contributed by atoms with Crippen molar-refractivity contribution in [1.29, 1.82) is 0 Å². The number of hydrogen-bond donors (Lipinski definition) is 1. The van der Waals surface area contributed by atoms with Gasteiger partial charge >= 0.3 is 0 Å². The number of rotatable bonds is 4. The summed E-state index contributed by atoms with van der Waals surface area (Å²) < 4.78 is 0. The van der Waals surface area contributed by atoms with E-state index in [0.29, 0.717) is 12.1 Å². The van der Waals surface area contributed by atoms with E-state index in [1.807, 2.05) is 32.0 Å². The molecule has 0 heterocycles. The lowest BCUT2D eigenvalue weighted by molar-refractivity contribution is -0.122. The summed E-state index contributed by atoms with van der Waals surface area (Å²) in [4.78, 5) is 23.8. The van der Waals surface area contributed by atoms with Crippen molar-refractivity contribution in [3.63, 3.8) is 0 Å². The quantitative estimate of drug-likeness (QED) is 0.882. The van der Waals surface area contributed by atoms with Gasteiger partial charge in [-0.25, -0.2) is 0 Å². The molecule has 1 unspecified atom stereocenters.